The molecule has 8 heteroatoms. The van der Waals surface area contributed by atoms with Crippen molar-refractivity contribution in [2.24, 2.45) is 0 Å². The summed E-state index contributed by atoms with van der Waals surface area (Å²) in [6, 6.07) is 12.9. The van der Waals surface area contributed by atoms with Crippen LogP contribution >= 0.6 is 0 Å². The van der Waals surface area contributed by atoms with E-state index in [1.807, 2.05) is 24.3 Å². The van der Waals surface area contributed by atoms with Gasteiger partial charge in [0, 0.05) is 30.2 Å². The molecule has 3 N–H and O–H groups in total. The molecule has 1 unspecified atom stereocenters. The number of rotatable bonds is 7. The normalized spacial score (nSPS) is 15.9. The second-order valence-corrected chi connectivity index (χ2v) is 7.44. The number of halogens is 1. The maximum Gasteiger partial charge on any atom is 0.282 e. The van der Waals surface area contributed by atoms with Crippen LogP contribution in [0.3, 0.4) is 0 Å². The highest BCUT2D eigenvalue weighted by atomic mass is 19.1. The van der Waals surface area contributed by atoms with Gasteiger partial charge >= 0.3 is 0 Å². The van der Waals surface area contributed by atoms with Crippen LogP contribution < -0.4 is 20.4 Å². The van der Waals surface area contributed by atoms with Crippen LogP contribution in [0.2, 0.25) is 0 Å². The van der Waals surface area contributed by atoms with Crippen LogP contribution in [0.15, 0.2) is 48.5 Å². The van der Waals surface area contributed by atoms with Crippen molar-refractivity contribution in [3.63, 3.8) is 0 Å². The van der Waals surface area contributed by atoms with Gasteiger partial charge < -0.3 is 25.2 Å². The van der Waals surface area contributed by atoms with E-state index < -0.39 is 6.04 Å². The molecule has 0 aliphatic carbocycles. The van der Waals surface area contributed by atoms with Crippen LogP contribution in [0.5, 0.6) is 0 Å². The number of carbonyl (C=O) groups excluding carboxylic acids is 2. The summed E-state index contributed by atoms with van der Waals surface area (Å²) >= 11 is 0. The zero-order valence-electron chi connectivity index (χ0n) is 17.3. The highest BCUT2D eigenvalue weighted by molar-refractivity contribution is 5.94. The fraction of sp³-hybridized carbons (Fsp3) is 0.364. The Balaban J connectivity index is 1.49. The van der Waals surface area contributed by atoms with Crippen molar-refractivity contribution in [1.82, 2.24) is 0 Å². The van der Waals surface area contributed by atoms with Crippen molar-refractivity contribution in [3.05, 3.63) is 54.3 Å². The van der Waals surface area contributed by atoms with Crippen molar-refractivity contribution >= 4 is 28.9 Å². The fourth-order valence-electron chi connectivity index (χ4n) is 3.20. The molecular formula is C22H28FN4O3+. The summed E-state index contributed by atoms with van der Waals surface area (Å²) in [6.07, 6.45) is 0. The van der Waals surface area contributed by atoms with Crippen molar-refractivity contribution in [2.75, 3.05) is 55.4 Å². The predicted molar refractivity (Wildman–Crippen MR) is 114 cm³/mol. The molecule has 7 nitrogen and oxygen atoms in total. The van der Waals surface area contributed by atoms with E-state index >= 15 is 0 Å². The summed E-state index contributed by atoms with van der Waals surface area (Å²) in [7, 11) is 1.79. The Morgan fingerprint density at radius 1 is 1.03 bits per heavy atom. The van der Waals surface area contributed by atoms with Gasteiger partial charge in [-0.3, -0.25) is 9.59 Å². The van der Waals surface area contributed by atoms with Crippen LogP contribution in [-0.2, 0) is 14.3 Å². The lowest BCUT2D eigenvalue weighted by Gasteiger charge is -2.29. The zero-order valence-corrected chi connectivity index (χ0v) is 17.3. The minimum Gasteiger partial charge on any atom is -0.378 e. The summed E-state index contributed by atoms with van der Waals surface area (Å²) in [6.45, 7) is 5.05. The lowest BCUT2D eigenvalue weighted by atomic mass is 10.2. The molecule has 0 bridgehead atoms. The third-order valence-electron chi connectivity index (χ3n) is 5.21. The van der Waals surface area contributed by atoms with Gasteiger partial charge in [0.25, 0.3) is 11.8 Å². The number of likely N-dealkylation sites (N-methyl/N-ethyl adjacent to an activating group) is 1. The molecule has 1 fully saturated rings. The van der Waals surface area contributed by atoms with E-state index in [4.69, 9.17) is 4.74 Å². The van der Waals surface area contributed by atoms with Gasteiger partial charge in [0.05, 0.1) is 20.3 Å². The Bertz CT molecular complexity index is 852. The highest BCUT2D eigenvalue weighted by Gasteiger charge is 2.24. The number of anilines is 3. The molecule has 1 saturated heterocycles. The second kappa shape index (κ2) is 10.2. The van der Waals surface area contributed by atoms with Gasteiger partial charge in [0.1, 0.15) is 5.82 Å². The smallest absolute Gasteiger partial charge is 0.282 e. The minimum atomic E-state index is -0.428. The van der Waals surface area contributed by atoms with Crippen molar-refractivity contribution in [3.8, 4) is 0 Å². The van der Waals surface area contributed by atoms with Crippen LogP contribution in [0.25, 0.3) is 0 Å². The number of carbonyl (C=O) groups is 2. The summed E-state index contributed by atoms with van der Waals surface area (Å²) in [5.74, 6) is -0.770. The number of ether oxygens (including phenoxy) is 1. The van der Waals surface area contributed by atoms with Crippen molar-refractivity contribution < 1.29 is 23.6 Å². The van der Waals surface area contributed by atoms with E-state index in [1.54, 1.807) is 14.0 Å². The average Bonchev–Trinajstić information content (AvgIpc) is 2.76. The van der Waals surface area contributed by atoms with Gasteiger partial charge in [-0.15, -0.1) is 0 Å². The number of morpholine rings is 1. The largest absolute Gasteiger partial charge is 0.378 e. The van der Waals surface area contributed by atoms with Gasteiger partial charge in [0.2, 0.25) is 0 Å². The van der Waals surface area contributed by atoms with Crippen LogP contribution in [0.1, 0.15) is 6.92 Å². The summed E-state index contributed by atoms with van der Waals surface area (Å²) < 4.78 is 18.3. The Hall–Kier alpha value is -2.97. The number of nitrogens with zero attached hydrogens (tertiary/aromatic N) is 1. The van der Waals surface area contributed by atoms with E-state index in [0.29, 0.717) is 11.4 Å². The molecular weight excluding hydrogens is 387 g/mol. The third kappa shape index (κ3) is 6.01. The van der Waals surface area contributed by atoms with Gasteiger partial charge in [0.15, 0.2) is 12.6 Å². The van der Waals surface area contributed by atoms with Crippen LogP contribution in [-0.4, -0.2) is 57.8 Å². The van der Waals surface area contributed by atoms with E-state index in [1.165, 1.54) is 24.3 Å². The van der Waals surface area contributed by atoms with E-state index in [2.05, 4.69) is 15.5 Å². The summed E-state index contributed by atoms with van der Waals surface area (Å²) in [5, 5.41) is 5.61. The van der Waals surface area contributed by atoms with Crippen LogP contribution in [0, 0.1) is 5.82 Å². The molecule has 3 rings (SSSR count). The zero-order chi connectivity index (χ0) is 21.5. The Labute approximate surface area is 175 Å². The van der Waals surface area contributed by atoms with E-state index in [0.717, 1.165) is 36.9 Å². The van der Waals surface area contributed by atoms with Gasteiger partial charge in [-0.1, -0.05) is 0 Å². The average molecular weight is 415 g/mol. The third-order valence-corrected chi connectivity index (χ3v) is 5.21. The fourth-order valence-corrected chi connectivity index (χ4v) is 3.20. The van der Waals surface area contributed by atoms with Gasteiger partial charge in [-0.2, -0.15) is 0 Å². The highest BCUT2D eigenvalue weighted by Crippen LogP contribution is 2.19. The minimum absolute atomic E-state index is 0.113. The first-order valence-electron chi connectivity index (χ1n) is 10.0. The lowest BCUT2D eigenvalue weighted by molar-refractivity contribution is -0.885. The molecule has 0 radical (unpaired) electrons. The van der Waals surface area contributed by atoms with Crippen LogP contribution in [0.4, 0.5) is 21.5 Å². The molecule has 2 aromatic rings. The molecule has 0 spiro atoms. The molecule has 2 atom stereocenters. The predicted octanol–water partition coefficient (Wildman–Crippen LogP) is 1.14. The van der Waals surface area contributed by atoms with E-state index in [-0.39, 0.29) is 24.2 Å². The van der Waals surface area contributed by atoms with Gasteiger partial charge in [-0.05, 0) is 55.5 Å². The maximum absolute atomic E-state index is 13.0. The first-order chi connectivity index (χ1) is 14.4. The van der Waals surface area contributed by atoms with Crippen molar-refractivity contribution in [2.45, 2.75) is 13.0 Å². The Morgan fingerprint density at radius 2 is 1.60 bits per heavy atom. The van der Waals surface area contributed by atoms with Crippen molar-refractivity contribution in [1.29, 1.82) is 0 Å². The molecule has 0 saturated carbocycles. The summed E-state index contributed by atoms with van der Waals surface area (Å²) in [5.41, 5.74) is 2.34. The number of amides is 2. The topological polar surface area (TPSA) is 75.1 Å². The molecule has 1 heterocycles. The molecule has 160 valence electrons. The molecule has 1 aliphatic rings. The van der Waals surface area contributed by atoms with Gasteiger partial charge in [-0.25, -0.2) is 4.39 Å². The Morgan fingerprint density at radius 3 is 2.23 bits per heavy atom. The summed E-state index contributed by atoms with van der Waals surface area (Å²) in [4.78, 5) is 27.8. The SMILES string of the molecule is C[C@@H](C(=O)Nc1ccc(N2CCOCC2)cc1)[NH+](C)CC(=O)Nc1ccc(F)cc1. The molecule has 2 aromatic carbocycles. The molecule has 1 aliphatic heterocycles. The molecule has 30 heavy (non-hydrogen) atoms. The Kier molecular flexibility index (Phi) is 7.37. The first kappa shape index (κ1) is 21.7. The van der Waals surface area contributed by atoms with E-state index in [9.17, 15) is 14.0 Å². The standard InChI is InChI=1S/C22H27FN4O3/c1-16(26(2)15-21(28)24-18-5-3-17(23)4-6-18)22(29)25-19-7-9-20(10-8-19)27-11-13-30-14-12-27/h3-10,16H,11-15H2,1-2H3,(H,24,28)(H,25,29)/p+1/t16-/m0/s1. The number of benzene rings is 2. The molecule has 2 amide bonds. The quantitative estimate of drug-likeness (QED) is 0.634. The number of hydrogen-bond acceptors (Lipinski definition) is 4. The number of quaternary nitrogens is 1. The molecule has 0 aromatic heterocycles. The number of nitrogens with one attached hydrogen (secondary N) is 3. The maximum atomic E-state index is 13.0. The lowest BCUT2D eigenvalue weighted by Crippen LogP contribution is -3.14. The second-order valence-electron chi connectivity index (χ2n) is 7.44. The monoisotopic (exact) mass is 415 g/mol. The number of hydrogen-bond donors (Lipinski definition) is 3. The first-order valence-corrected chi connectivity index (χ1v) is 10.0.